The van der Waals surface area contributed by atoms with Crippen LogP contribution in [0.4, 0.5) is 5.69 Å². The smallest absolute Gasteiger partial charge is 0.253 e. The largest absolute Gasteiger partial charge is 0.339 e. The van der Waals surface area contributed by atoms with Crippen molar-refractivity contribution in [3.8, 4) is 0 Å². The number of nitrogens with zero attached hydrogens (tertiary/aromatic N) is 2. The number of carbonyl (C=O) groups excluding carboxylic acids is 2. The van der Waals surface area contributed by atoms with Crippen LogP contribution < -0.4 is 5.32 Å². The van der Waals surface area contributed by atoms with Crippen LogP contribution in [0.5, 0.6) is 0 Å². The number of likely N-dealkylation sites (tertiary alicyclic amines) is 1. The minimum Gasteiger partial charge on any atom is -0.339 e. The fourth-order valence-corrected chi connectivity index (χ4v) is 6.00. The monoisotopic (exact) mass is 489 g/mol. The number of benzene rings is 2. The molecule has 0 spiro atoms. The maximum atomic E-state index is 13.0. The van der Waals surface area contributed by atoms with Crippen molar-refractivity contribution in [3.63, 3.8) is 0 Å². The van der Waals surface area contributed by atoms with Crippen molar-refractivity contribution < 1.29 is 18.0 Å². The molecule has 2 saturated heterocycles. The molecule has 2 fully saturated rings. The number of carbonyl (C=O) groups is 2. The Morgan fingerprint density at radius 1 is 0.879 bits per heavy atom. The Hall–Kier alpha value is -2.42. The van der Waals surface area contributed by atoms with E-state index in [1.54, 1.807) is 36.4 Å². The molecule has 0 radical (unpaired) electrons. The number of hydrogen-bond acceptors (Lipinski definition) is 4. The first kappa shape index (κ1) is 23.7. The van der Waals surface area contributed by atoms with Crippen LogP contribution in [-0.2, 0) is 14.8 Å². The number of halogens is 1. The summed E-state index contributed by atoms with van der Waals surface area (Å²) >= 11 is 5.87. The number of nitrogens with one attached hydrogen (secondary N) is 1. The second-order valence-corrected chi connectivity index (χ2v) is 10.9. The topological polar surface area (TPSA) is 86.8 Å². The van der Waals surface area contributed by atoms with Gasteiger partial charge in [-0.15, -0.1) is 0 Å². The standard InChI is InChI=1S/C24H28ClN3O4S/c25-20-8-12-22(13-9-20)33(31,32)28-16-4-5-19(17-28)23(29)26-21-10-6-18(7-11-21)24(30)27-14-2-1-3-15-27/h6-13,19H,1-5,14-17H2,(H,26,29)/t19-/m0/s1. The zero-order valence-electron chi connectivity index (χ0n) is 18.4. The molecule has 176 valence electrons. The summed E-state index contributed by atoms with van der Waals surface area (Å²) in [6.07, 6.45) is 4.45. The Morgan fingerprint density at radius 2 is 1.55 bits per heavy atom. The molecular formula is C24H28ClN3O4S. The Bertz CT molecular complexity index is 1100. The van der Waals surface area contributed by atoms with Crippen LogP contribution in [0.1, 0.15) is 42.5 Å². The van der Waals surface area contributed by atoms with Gasteiger partial charge in [0.25, 0.3) is 5.91 Å². The highest BCUT2D eigenvalue weighted by Crippen LogP contribution is 2.26. The molecule has 2 aliphatic rings. The van der Waals surface area contributed by atoms with Crippen molar-refractivity contribution in [1.82, 2.24) is 9.21 Å². The average molecular weight is 490 g/mol. The van der Waals surface area contributed by atoms with Crippen molar-refractivity contribution in [3.05, 3.63) is 59.1 Å². The summed E-state index contributed by atoms with van der Waals surface area (Å²) in [4.78, 5) is 27.5. The molecule has 2 aromatic rings. The molecule has 2 aromatic carbocycles. The van der Waals surface area contributed by atoms with Gasteiger partial charge in [0.15, 0.2) is 0 Å². The predicted octanol–water partition coefficient (Wildman–Crippen LogP) is 4.01. The van der Waals surface area contributed by atoms with E-state index in [0.717, 1.165) is 32.4 Å². The molecule has 0 saturated carbocycles. The van der Waals surface area contributed by atoms with Crippen LogP contribution in [-0.4, -0.2) is 55.6 Å². The third kappa shape index (κ3) is 5.57. The third-order valence-corrected chi connectivity index (χ3v) is 8.38. The zero-order chi connectivity index (χ0) is 23.4. The van der Waals surface area contributed by atoms with Gasteiger partial charge in [-0.05, 0) is 80.6 Å². The van der Waals surface area contributed by atoms with Crippen molar-refractivity contribution in [2.75, 3.05) is 31.5 Å². The number of anilines is 1. The fourth-order valence-electron chi connectivity index (χ4n) is 4.35. The van der Waals surface area contributed by atoms with E-state index in [2.05, 4.69) is 5.32 Å². The minimum absolute atomic E-state index is 0.0166. The van der Waals surface area contributed by atoms with Crippen LogP contribution in [0.2, 0.25) is 5.02 Å². The molecule has 9 heteroatoms. The average Bonchev–Trinajstić information content (AvgIpc) is 2.85. The first-order valence-corrected chi connectivity index (χ1v) is 13.1. The summed E-state index contributed by atoms with van der Waals surface area (Å²) in [7, 11) is -3.69. The van der Waals surface area contributed by atoms with Crippen LogP contribution in [0.15, 0.2) is 53.4 Å². The van der Waals surface area contributed by atoms with Gasteiger partial charge in [-0.3, -0.25) is 9.59 Å². The number of amides is 2. The molecule has 2 heterocycles. The van der Waals surface area contributed by atoms with E-state index in [1.165, 1.54) is 16.4 Å². The maximum absolute atomic E-state index is 13.0. The van der Waals surface area contributed by atoms with Crippen LogP contribution >= 0.6 is 11.6 Å². The normalized spacial score (nSPS) is 19.8. The second kappa shape index (κ2) is 10.2. The summed E-state index contributed by atoms with van der Waals surface area (Å²) in [6.45, 7) is 2.08. The summed E-state index contributed by atoms with van der Waals surface area (Å²) in [5.41, 5.74) is 1.20. The Kier molecular flexibility index (Phi) is 7.36. The molecule has 1 atom stereocenters. The molecule has 2 amide bonds. The highest BCUT2D eigenvalue weighted by Gasteiger charge is 2.33. The summed E-state index contributed by atoms with van der Waals surface area (Å²) in [6, 6.07) is 12.9. The van der Waals surface area contributed by atoms with E-state index in [1.807, 2.05) is 4.90 Å². The maximum Gasteiger partial charge on any atom is 0.253 e. The molecule has 0 aliphatic carbocycles. The van der Waals surface area contributed by atoms with Crippen LogP contribution in [0.25, 0.3) is 0 Å². The van der Waals surface area contributed by atoms with Gasteiger partial charge >= 0.3 is 0 Å². The molecule has 0 bridgehead atoms. The van der Waals surface area contributed by atoms with Gasteiger partial charge in [-0.1, -0.05) is 11.6 Å². The number of sulfonamides is 1. The van der Waals surface area contributed by atoms with Gasteiger partial charge in [-0.2, -0.15) is 4.31 Å². The van der Waals surface area contributed by atoms with Gasteiger partial charge in [0.2, 0.25) is 15.9 Å². The van der Waals surface area contributed by atoms with E-state index in [9.17, 15) is 18.0 Å². The molecule has 2 aliphatic heterocycles. The van der Waals surface area contributed by atoms with Crippen LogP contribution in [0.3, 0.4) is 0 Å². The van der Waals surface area contributed by atoms with Crippen molar-refractivity contribution >= 4 is 39.1 Å². The lowest BCUT2D eigenvalue weighted by atomic mass is 9.98. The molecule has 7 nitrogen and oxygen atoms in total. The van der Waals surface area contributed by atoms with Crippen LogP contribution in [0, 0.1) is 5.92 Å². The van der Waals surface area contributed by atoms with E-state index < -0.39 is 15.9 Å². The van der Waals surface area contributed by atoms with Crippen molar-refractivity contribution in [1.29, 1.82) is 0 Å². The molecule has 0 unspecified atom stereocenters. The quantitative estimate of drug-likeness (QED) is 0.687. The number of piperidine rings is 2. The lowest BCUT2D eigenvalue weighted by molar-refractivity contribution is -0.120. The van der Waals surface area contributed by atoms with Gasteiger partial charge in [0, 0.05) is 42.5 Å². The Morgan fingerprint density at radius 3 is 2.21 bits per heavy atom. The lowest BCUT2D eigenvalue weighted by Crippen LogP contribution is -2.43. The van der Waals surface area contributed by atoms with E-state index in [0.29, 0.717) is 35.7 Å². The zero-order valence-corrected chi connectivity index (χ0v) is 19.9. The Labute approximate surface area is 199 Å². The highest BCUT2D eigenvalue weighted by molar-refractivity contribution is 7.89. The summed E-state index contributed by atoms with van der Waals surface area (Å²) in [5.74, 6) is -0.653. The van der Waals surface area contributed by atoms with Gasteiger partial charge < -0.3 is 10.2 Å². The Balaban J connectivity index is 1.38. The van der Waals surface area contributed by atoms with Gasteiger partial charge in [-0.25, -0.2) is 8.42 Å². The lowest BCUT2D eigenvalue weighted by Gasteiger charge is -2.31. The molecule has 0 aromatic heterocycles. The van der Waals surface area contributed by atoms with E-state index >= 15 is 0 Å². The summed E-state index contributed by atoms with van der Waals surface area (Å²) < 4.78 is 27.3. The first-order valence-electron chi connectivity index (χ1n) is 11.3. The second-order valence-electron chi connectivity index (χ2n) is 8.58. The van der Waals surface area contributed by atoms with Crippen molar-refractivity contribution in [2.24, 2.45) is 5.92 Å². The molecule has 1 N–H and O–H groups in total. The SMILES string of the molecule is O=C(Nc1ccc(C(=O)N2CCCCC2)cc1)[C@H]1CCCN(S(=O)(=O)c2ccc(Cl)cc2)C1. The van der Waals surface area contributed by atoms with Gasteiger partial charge in [0.1, 0.15) is 0 Å². The van der Waals surface area contributed by atoms with Gasteiger partial charge in [0.05, 0.1) is 10.8 Å². The van der Waals surface area contributed by atoms with E-state index in [4.69, 9.17) is 11.6 Å². The third-order valence-electron chi connectivity index (χ3n) is 6.25. The van der Waals surface area contributed by atoms with Crippen molar-refractivity contribution in [2.45, 2.75) is 37.0 Å². The number of hydrogen-bond donors (Lipinski definition) is 1. The minimum atomic E-state index is -3.69. The fraction of sp³-hybridized carbons (Fsp3) is 0.417. The molecule has 4 rings (SSSR count). The predicted molar refractivity (Wildman–Crippen MR) is 128 cm³/mol. The summed E-state index contributed by atoms with van der Waals surface area (Å²) in [5, 5.41) is 3.34. The number of rotatable bonds is 5. The highest BCUT2D eigenvalue weighted by atomic mass is 35.5. The molecule has 33 heavy (non-hydrogen) atoms. The first-order chi connectivity index (χ1) is 15.8. The molecular weight excluding hydrogens is 462 g/mol. The van der Waals surface area contributed by atoms with E-state index in [-0.39, 0.29) is 23.3 Å².